The molecule has 0 saturated heterocycles. The van der Waals surface area contributed by atoms with E-state index in [9.17, 15) is 26.4 Å². The fourth-order valence-electron chi connectivity index (χ4n) is 2.12. The maximum absolute atomic E-state index is 14.1. The third-order valence-electron chi connectivity index (χ3n) is 3.33. The largest absolute Gasteiger partial charge is 0.419 e. The van der Waals surface area contributed by atoms with Crippen LogP contribution >= 0.6 is 0 Å². The van der Waals surface area contributed by atoms with Crippen molar-refractivity contribution in [2.75, 3.05) is 4.72 Å². The maximum Gasteiger partial charge on any atom is 0.419 e. The normalized spacial score (nSPS) is 11.8. The van der Waals surface area contributed by atoms with E-state index in [1.807, 2.05) is 0 Å². The number of benzene rings is 2. The van der Waals surface area contributed by atoms with E-state index in [0.717, 1.165) is 28.8 Å². The molecule has 126 valence electrons. The lowest BCUT2D eigenvalue weighted by atomic mass is 10.3. The Kier molecular flexibility index (Phi) is 3.63. The van der Waals surface area contributed by atoms with Crippen LogP contribution in [0.3, 0.4) is 0 Å². The van der Waals surface area contributed by atoms with Crippen LogP contribution in [0.2, 0.25) is 0 Å². The van der Waals surface area contributed by atoms with E-state index in [4.69, 9.17) is 4.42 Å². The van der Waals surface area contributed by atoms with E-state index < -0.39 is 43.8 Å². The molecule has 1 aromatic heterocycles. The van der Waals surface area contributed by atoms with Crippen molar-refractivity contribution in [3.63, 3.8) is 0 Å². The van der Waals surface area contributed by atoms with Gasteiger partial charge in [-0.2, -0.15) is 0 Å². The molecule has 0 spiro atoms. The predicted molar refractivity (Wildman–Crippen MR) is 78.6 cm³/mol. The lowest BCUT2D eigenvalue weighted by Gasteiger charge is -2.10. The standard InChI is InChI=1S/C14H9F3N2O4S/c1-19-10-6-12(9(17)5-11(10)23-14(19)20)24(21,22)18-13-7(15)3-2-4-8(13)16/h2-6,18H,1H3. The Labute approximate surface area is 133 Å². The molecule has 24 heavy (non-hydrogen) atoms. The molecular weight excluding hydrogens is 349 g/mol. The number of halogens is 3. The Morgan fingerprint density at radius 1 is 1.08 bits per heavy atom. The Morgan fingerprint density at radius 2 is 1.71 bits per heavy atom. The number of hydrogen-bond acceptors (Lipinski definition) is 4. The van der Waals surface area contributed by atoms with Crippen molar-refractivity contribution in [3.8, 4) is 0 Å². The van der Waals surface area contributed by atoms with Gasteiger partial charge in [-0.15, -0.1) is 0 Å². The highest BCUT2D eigenvalue weighted by Crippen LogP contribution is 2.26. The molecule has 0 atom stereocenters. The Bertz CT molecular complexity index is 1100. The first-order valence-electron chi connectivity index (χ1n) is 6.46. The molecule has 10 heteroatoms. The fourth-order valence-corrected chi connectivity index (χ4v) is 3.28. The van der Waals surface area contributed by atoms with E-state index in [1.165, 1.54) is 7.05 Å². The van der Waals surface area contributed by atoms with Crippen molar-refractivity contribution in [1.82, 2.24) is 4.57 Å². The molecule has 1 heterocycles. The summed E-state index contributed by atoms with van der Waals surface area (Å²) in [5.74, 6) is -4.36. The number of fused-ring (bicyclic) bond motifs is 1. The van der Waals surface area contributed by atoms with Gasteiger partial charge in [-0.3, -0.25) is 9.29 Å². The van der Waals surface area contributed by atoms with Gasteiger partial charge >= 0.3 is 5.76 Å². The number of nitrogens with zero attached hydrogens (tertiary/aromatic N) is 1. The van der Waals surface area contributed by atoms with Crippen LogP contribution in [0.25, 0.3) is 11.1 Å². The second-order valence-electron chi connectivity index (χ2n) is 4.88. The summed E-state index contributed by atoms with van der Waals surface area (Å²) >= 11 is 0. The van der Waals surface area contributed by atoms with Gasteiger partial charge in [0.15, 0.2) is 5.58 Å². The molecule has 6 nitrogen and oxygen atoms in total. The summed E-state index contributed by atoms with van der Waals surface area (Å²) in [5.41, 5.74) is -1.08. The van der Waals surface area contributed by atoms with Gasteiger partial charge in [-0.05, 0) is 18.2 Å². The van der Waals surface area contributed by atoms with Crippen molar-refractivity contribution < 1.29 is 26.0 Å². The summed E-state index contributed by atoms with van der Waals surface area (Å²) in [4.78, 5) is 10.5. The van der Waals surface area contributed by atoms with Gasteiger partial charge in [0.1, 0.15) is 28.0 Å². The molecule has 0 fully saturated rings. The Balaban J connectivity index is 2.16. The molecule has 0 saturated carbocycles. The van der Waals surface area contributed by atoms with Crippen molar-refractivity contribution in [3.05, 3.63) is 58.3 Å². The molecule has 3 rings (SSSR count). The minimum Gasteiger partial charge on any atom is -0.408 e. The van der Waals surface area contributed by atoms with Crippen LogP contribution in [-0.4, -0.2) is 13.0 Å². The summed E-state index contributed by atoms with van der Waals surface area (Å²) in [6.45, 7) is 0. The van der Waals surface area contributed by atoms with Crippen LogP contribution in [0.5, 0.6) is 0 Å². The summed E-state index contributed by atoms with van der Waals surface area (Å²) in [6.07, 6.45) is 0. The summed E-state index contributed by atoms with van der Waals surface area (Å²) in [7, 11) is -3.35. The number of aryl methyl sites for hydroxylation is 1. The second kappa shape index (κ2) is 5.41. The predicted octanol–water partition coefficient (Wildman–Crippen LogP) is 2.35. The average molecular weight is 358 g/mol. The van der Waals surface area contributed by atoms with Crippen molar-refractivity contribution in [2.24, 2.45) is 7.05 Å². The first kappa shape index (κ1) is 16.1. The van der Waals surface area contributed by atoms with E-state index in [0.29, 0.717) is 6.07 Å². The molecule has 0 radical (unpaired) electrons. The molecule has 0 aliphatic carbocycles. The smallest absolute Gasteiger partial charge is 0.408 e. The number of oxazole rings is 1. The molecule has 0 amide bonds. The van der Waals surface area contributed by atoms with Crippen LogP contribution in [0, 0.1) is 17.5 Å². The third-order valence-corrected chi connectivity index (χ3v) is 4.70. The number of sulfonamides is 1. The highest BCUT2D eigenvalue weighted by atomic mass is 32.2. The molecule has 0 aliphatic heterocycles. The average Bonchev–Trinajstić information content (AvgIpc) is 2.76. The van der Waals surface area contributed by atoms with Gasteiger partial charge in [0.25, 0.3) is 10.0 Å². The number of aromatic nitrogens is 1. The number of para-hydroxylation sites is 1. The minimum atomic E-state index is -4.65. The molecule has 0 bridgehead atoms. The van der Waals surface area contributed by atoms with E-state index in [1.54, 1.807) is 4.72 Å². The summed E-state index contributed by atoms with van der Waals surface area (Å²) < 4.78 is 73.2. The van der Waals surface area contributed by atoms with Crippen molar-refractivity contribution in [1.29, 1.82) is 0 Å². The van der Waals surface area contributed by atoms with Crippen LogP contribution in [0.15, 0.2) is 44.4 Å². The highest BCUT2D eigenvalue weighted by molar-refractivity contribution is 7.92. The Morgan fingerprint density at radius 3 is 2.33 bits per heavy atom. The molecule has 1 N–H and O–H groups in total. The number of nitrogens with one attached hydrogen (secondary N) is 1. The highest BCUT2D eigenvalue weighted by Gasteiger charge is 2.24. The fraction of sp³-hybridized carbons (Fsp3) is 0.0714. The van der Waals surface area contributed by atoms with Gasteiger partial charge in [-0.1, -0.05) is 6.07 Å². The molecule has 2 aromatic carbocycles. The Hall–Kier alpha value is -2.75. The second-order valence-corrected chi connectivity index (χ2v) is 6.53. The number of hydrogen-bond donors (Lipinski definition) is 1. The lowest BCUT2D eigenvalue weighted by Crippen LogP contribution is -2.17. The van der Waals surface area contributed by atoms with Gasteiger partial charge in [-0.25, -0.2) is 26.4 Å². The SMILES string of the molecule is Cn1c(=O)oc2cc(F)c(S(=O)(=O)Nc3c(F)cccc3F)cc21. The zero-order chi connectivity index (χ0) is 17.6. The summed E-state index contributed by atoms with van der Waals surface area (Å²) in [5, 5.41) is 0. The van der Waals surface area contributed by atoms with Crippen LogP contribution < -0.4 is 10.5 Å². The minimum absolute atomic E-state index is 0.00998. The third kappa shape index (κ3) is 2.54. The molecule has 3 aromatic rings. The molecule has 0 aliphatic rings. The van der Waals surface area contributed by atoms with E-state index >= 15 is 0 Å². The topological polar surface area (TPSA) is 81.3 Å². The van der Waals surface area contributed by atoms with Crippen LogP contribution in [0.4, 0.5) is 18.9 Å². The molecule has 0 unspecified atom stereocenters. The first-order chi connectivity index (χ1) is 11.2. The van der Waals surface area contributed by atoms with Crippen molar-refractivity contribution in [2.45, 2.75) is 4.90 Å². The van der Waals surface area contributed by atoms with Gasteiger partial charge < -0.3 is 4.42 Å². The van der Waals surface area contributed by atoms with Gasteiger partial charge in [0.2, 0.25) is 0 Å². The molecular formula is C14H9F3N2O4S. The van der Waals surface area contributed by atoms with Crippen LogP contribution in [-0.2, 0) is 17.1 Å². The van der Waals surface area contributed by atoms with Gasteiger partial charge in [0, 0.05) is 13.1 Å². The summed E-state index contributed by atoms with van der Waals surface area (Å²) in [6, 6.07) is 4.30. The number of anilines is 1. The zero-order valence-corrected chi connectivity index (χ0v) is 12.8. The number of rotatable bonds is 3. The maximum atomic E-state index is 14.1. The monoisotopic (exact) mass is 358 g/mol. The van der Waals surface area contributed by atoms with Gasteiger partial charge in [0.05, 0.1) is 5.52 Å². The quantitative estimate of drug-likeness (QED) is 0.779. The lowest BCUT2D eigenvalue weighted by molar-refractivity contribution is 0.524. The first-order valence-corrected chi connectivity index (χ1v) is 7.95. The van der Waals surface area contributed by atoms with E-state index in [-0.39, 0.29) is 11.1 Å². The van der Waals surface area contributed by atoms with Crippen LogP contribution in [0.1, 0.15) is 0 Å². The zero-order valence-electron chi connectivity index (χ0n) is 12.0. The van der Waals surface area contributed by atoms with Crippen molar-refractivity contribution >= 4 is 26.8 Å². The van der Waals surface area contributed by atoms with E-state index in [2.05, 4.69) is 0 Å².